The molecule has 7 heteroatoms. The van der Waals surface area contributed by atoms with E-state index in [1.165, 1.54) is 11.3 Å². The van der Waals surface area contributed by atoms with Crippen molar-refractivity contribution in [3.05, 3.63) is 16.3 Å². The Balaban J connectivity index is 1.98. The molecule has 0 bridgehead atoms. The summed E-state index contributed by atoms with van der Waals surface area (Å²) < 4.78 is 27.0. The Labute approximate surface area is 118 Å². The van der Waals surface area contributed by atoms with E-state index in [1.54, 1.807) is 11.4 Å². The Kier molecular flexibility index (Phi) is 4.97. The minimum atomic E-state index is -3.49. The zero-order valence-corrected chi connectivity index (χ0v) is 12.6. The van der Waals surface area contributed by atoms with Crippen molar-refractivity contribution in [1.29, 1.82) is 0 Å². The Morgan fingerprint density at radius 3 is 3.05 bits per heavy atom. The second-order valence-electron chi connectivity index (χ2n) is 4.99. The van der Waals surface area contributed by atoms with Crippen molar-refractivity contribution >= 4 is 21.4 Å². The lowest BCUT2D eigenvalue weighted by Crippen LogP contribution is -2.39. The first-order valence-corrected chi connectivity index (χ1v) is 8.74. The molecule has 2 rings (SSSR count). The van der Waals surface area contributed by atoms with Gasteiger partial charge in [-0.2, -0.15) is 0 Å². The summed E-state index contributed by atoms with van der Waals surface area (Å²) in [6.45, 7) is 2.24. The van der Waals surface area contributed by atoms with Crippen molar-refractivity contribution in [2.75, 3.05) is 26.7 Å². The minimum Gasteiger partial charge on any atom is -0.391 e. The molecule has 0 aliphatic carbocycles. The molecule has 1 unspecified atom stereocenters. The number of hydrogen-bond acceptors (Lipinski definition) is 5. The first-order chi connectivity index (χ1) is 9.03. The molecule has 1 aromatic rings. The van der Waals surface area contributed by atoms with Gasteiger partial charge in [-0.1, -0.05) is 0 Å². The lowest BCUT2D eigenvalue weighted by molar-refractivity contribution is 0.211. The summed E-state index contributed by atoms with van der Waals surface area (Å²) in [5, 5.41) is 10.8. The maximum Gasteiger partial charge on any atom is 0.241 e. The van der Waals surface area contributed by atoms with Gasteiger partial charge in [-0.15, -0.1) is 11.3 Å². The molecule has 5 nitrogen and oxygen atoms in total. The number of sulfonamides is 1. The number of hydrogen-bond donors (Lipinski definition) is 2. The third kappa shape index (κ3) is 3.76. The number of likely N-dealkylation sites (tertiary alicyclic amines) is 1. The molecule has 1 fully saturated rings. The summed E-state index contributed by atoms with van der Waals surface area (Å²) in [7, 11) is -1.44. The van der Waals surface area contributed by atoms with Gasteiger partial charge in [-0.3, -0.25) is 0 Å². The highest BCUT2D eigenvalue weighted by atomic mass is 32.2. The number of rotatable bonds is 5. The highest BCUT2D eigenvalue weighted by molar-refractivity contribution is 7.89. The summed E-state index contributed by atoms with van der Waals surface area (Å²) in [5.74, 6) is 0.365. The Bertz CT molecular complexity index is 513. The van der Waals surface area contributed by atoms with Crippen LogP contribution in [0, 0.1) is 5.92 Å². The Morgan fingerprint density at radius 1 is 1.58 bits per heavy atom. The van der Waals surface area contributed by atoms with Crippen LogP contribution in [0.25, 0.3) is 0 Å². The van der Waals surface area contributed by atoms with E-state index in [4.69, 9.17) is 5.11 Å². The zero-order chi connectivity index (χ0) is 13.9. The predicted molar refractivity (Wildman–Crippen MR) is 75.7 cm³/mol. The molecule has 1 atom stereocenters. The molecular formula is C12H20N2O3S2. The summed E-state index contributed by atoms with van der Waals surface area (Å²) in [6, 6.07) is 1.55. The maximum absolute atomic E-state index is 12.2. The smallest absolute Gasteiger partial charge is 0.241 e. The maximum atomic E-state index is 12.2. The van der Waals surface area contributed by atoms with E-state index in [9.17, 15) is 8.42 Å². The average Bonchev–Trinajstić information content (AvgIpc) is 2.86. The molecule has 2 N–H and O–H groups in total. The van der Waals surface area contributed by atoms with Crippen LogP contribution in [0.2, 0.25) is 0 Å². The molecule has 0 saturated carbocycles. The fourth-order valence-electron chi connectivity index (χ4n) is 2.43. The van der Waals surface area contributed by atoms with E-state index in [2.05, 4.69) is 16.7 Å². The summed E-state index contributed by atoms with van der Waals surface area (Å²) >= 11 is 1.26. The number of aliphatic hydroxyl groups is 1. The average molecular weight is 304 g/mol. The van der Waals surface area contributed by atoms with Crippen molar-refractivity contribution in [2.24, 2.45) is 5.92 Å². The highest BCUT2D eigenvalue weighted by Crippen LogP contribution is 2.22. The molecule has 1 saturated heterocycles. The van der Waals surface area contributed by atoms with Crippen LogP contribution < -0.4 is 4.72 Å². The molecule has 0 aromatic carbocycles. The summed E-state index contributed by atoms with van der Waals surface area (Å²) in [5.41, 5.74) is 0. The fraction of sp³-hybridized carbons (Fsp3) is 0.667. The van der Waals surface area contributed by atoms with Gasteiger partial charge in [0.1, 0.15) is 0 Å². The number of aliphatic hydroxyl groups excluding tert-OH is 1. The zero-order valence-electron chi connectivity index (χ0n) is 11.0. The topological polar surface area (TPSA) is 69.6 Å². The lowest BCUT2D eigenvalue weighted by atomic mass is 9.99. The number of thiophene rings is 1. The van der Waals surface area contributed by atoms with Crippen LogP contribution in [-0.2, 0) is 16.6 Å². The molecular weight excluding hydrogens is 284 g/mol. The summed E-state index contributed by atoms with van der Waals surface area (Å²) in [6.07, 6.45) is 2.17. The first kappa shape index (κ1) is 14.9. The van der Waals surface area contributed by atoms with Gasteiger partial charge in [0.15, 0.2) is 0 Å². The second-order valence-corrected chi connectivity index (χ2v) is 7.72. The summed E-state index contributed by atoms with van der Waals surface area (Å²) in [4.78, 5) is 2.93. The van der Waals surface area contributed by atoms with Crippen molar-refractivity contribution in [3.63, 3.8) is 0 Å². The van der Waals surface area contributed by atoms with Crippen molar-refractivity contribution < 1.29 is 13.5 Å². The van der Waals surface area contributed by atoms with Gasteiger partial charge in [0, 0.05) is 18.0 Å². The Morgan fingerprint density at radius 2 is 2.37 bits per heavy atom. The standard InChI is InChI=1S/C12H20N2O3S2/c1-14-5-2-3-10(8-14)7-13-19(16,17)12-4-6-18-11(12)9-15/h4,6,10,13,15H,2-3,5,7-9H2,1H3. The predicted octanol–water partition coefficient (Wildman–Crippen LogP) is 0.860. The van der Waals surface area contributed by atoms with Gasteiger partial charge in [-0.25, -0.2) is 13.1 Å². The molecule has 0 spiro atoms. The van der Waals surface area contributed by atoms with E-state index in [-0.39, 0.29) is 11.5 Å². The van der Waals surface area contributed by atoms with Crippen molar-refractivity contribution in [3.8, 4) is 0 Å². The number of nitrogens with zero attached hydrogens (tertiary/aromatic N) is 1. The van der Waals surface area contributed by atoms with Crippen LogP contribution in [0.5, 0.6) is 0 Å². The number of piperidine rings is 1. The molecule has 2 heterocycles. The molecule has 1 aliphatic heterocycles. The first-order valence-electron chi connectivity index (χ1n) is 6.38. The number of nitrogens with one attached hydrogen (secondary N) is 1. The van der Waals surface area contributed by atoms with Crippen LogP contribution in [0.4, 0.5) is 0 Å². The Hall–Kier alpha value is -0.470. The van der Waals surface area contributed by atoms with Crippen molar-refractivity contribution in [1.82, 2.24) is 9.62 Å². The monoisotopic (exact) mass is 304 g/mol. The fourth-order valence-corrected chi connectivity index (χ4v) is 4.84. The molecule has 1 aliphatic rings. The van der Waals surface area contributed by atoms with E-state index < -0.39 is 10.0 Å². The van der Waals surface area contributed by atoms with Gasteiger partial charge in [0.05, 0.1) is 11.5 Å². The molecule has 0 amide bonds. The van der Waals surface area contributed by atoms with E-state index in [0.29, 0.717) is 17.3 Å². The van der Waals surface area contributed by atoms with Gasteiger partial charge in [-0.05, 0) is 43.8 Å². The van der Waals surface area contributed by atoms with Crippen LogP contribution in [0.1, 0.15) is 17.7 Å². The van der Waals surface area contributed by atoms with E-state index in [1.807, 2.05) is 0 Å². The van der Waals surface area contributed by atoms with Gasteiger partial charge in [0.25, 0.3) is 0 Å². The van der Waals surface area contributed by atoms with E-state index in [0.717, 1.165) is 25.9 Å². The SMILES string of the molecule is CN1CCCC(CNS(=O)(=O)c2ccsc2CO)C1. The van der Waals surface area contributed by atoms with Crippen LogP contribution in [0.3, 0.4) is 0 Å². The minimum absolute atomic E-state index is 0.212. The highest BCUT2D eigenvalue weighted by Gasteiger charge is 2.23. The molecule has 1 aromatic heterocycles. The van der Waals surface area contributed by atoms with Crippen LogP contribution >= 0.6 is 11.3 Å². The van der Waals surface area contributed by atoms with Crippen LogP contribution in [0.15, 0.2) is 16.3 Å². The quantitative estimate of drug-likeness (QED) is 0.846. The lowest BCUT2D eigenvalue weighted by Gasteiger charge is -2.29. The van der Waals surface area contributed by atoms with E-state index >= 15 is 0 Å². The third-order valence-corrected chi connectivity index (χ3v) is 5.96. The molecule has 0 radical (unpaired) electrons. The van der Waals surface area contributed by atoms with Gasteiger partial charge < -0.3 is 10.0 Å². The second kappa shape index (κ2) is 6.32. The van der Waals surface area contributed by atoms with Crippen molar-refractivity contribution in [2.45, 2.75) is 24.3 Å². The third-order valence-electron chi connectivity index (χ3n) is 3.42. The largest absolute Gasteiger partial charge is 0.391 e. The normalized spacial score (nSPS) is 21.7. The van der Waals surface area contributed by atoms with Crippen LogP contribution in [-0.4, -0.2) is 45.1 Å². The van der Waals surface area contributed by atoms with Gasteiger partial charge in [0.2, 0.25) is 10.0 Å². The van der Waals surface area contributed by atoms with Gasteiger partial charge >= 0.3 is 0 Å². The molecule has 108 valence electrons. The molecule has 19 heavy (non-hydrogen) atoms.